The van der Waals surface area contributed by atoms with Gasteiger partial charge in [0.15, 0.2) is 0 Å². The number of carbonyl (C=O) groups excluding carboxylic acids is 1. The maximum absolute atomic E-state index is 12.2. The Kier molecular flexibility index (Phi) is 5.70. The van der Waals surface area contributed by atoms with E-state index < -0.39 is 12.7 Å². The minimum atomic E-state index is -0.981. The number of hydrogen-bond acceptors (Lipinski definition) is 6. The molecule has 0 fully saturated rings. The molecule has 0 radical (unpaired) electrons. The number of nitrogens with one attached hydrogen (secondary N) is 1. The van der Waals surface area contributed by atoms with E-state index >= 15 is 0 Å². The lowest BCUT2D eigenvalue weighted by Crippen LogP contribution is -2.33. The molecular weight excluding hydrogens is 316 g/mol. The molecule has 0 aliphatic heterocycles. The largest absolute Gasteiger partial charge is 0.495 e. The molecule has 0 aliphatic rings. The lowest BCUT2D eigenvalue weighted by Gasteiger charge is -2.08. The first-order chi connectivity index (χ1) is 10.9. The van der Waals surface area contributed by atoms with Gasteiger partial charge in [-0.15, -0.1) is 11.3 Å². The van der Waals surface area contributed by atoms with Gasteiger partial charge in [0.2, 0.25) is 0 Å². The van der Waals surface area contributed by atoms with E-state index in [9.17, 15) is 9.90 Å². The number of amides is 1. The molecule has 2 aromatic heterocycles. The van der Waals surface area contributed by atoms with E-state index in [1.165, 1.54) is 18.4 Å². The second kappa shape index (κ2) is 7.54. The fraction of sp³-hybridized carbons (Fsp3) is 0.375. The fourth-order valence-corrected chi connectivity index (χ4v) is 3.14. The van der Waals surface area contributed by atoms with Crippen molar-refractivity contribution in [2.24, 2.45) is 0 Å². The molecule has 23 heavy (non-hydrogen) atoms. The summed E-state index contributed by atoms with van der Waals surface area (Å²) in [7, 11) is 1.50. The van der Waals surface area contributed by atoms with Crippen molar-refractivity contribution in [3.05, 3.63) is 34.3 Å². The lowest BCUT2D eigenvalue weighted by atomic mass is 10.2. The number of methoxy groups -OCH3 is 1. The van der Waals surface area contributed by atoms with E-state index in [0.717, 1.165) is 21.8 Å². The van der Waals surface area contributed by atoms with Crippen LogP contribution in [0.5, 0.6) is 5.75 Å². The molecule has 0 saturated carbocycles. The molecule has 0 bridgehead atoms. The molecule has 1 atom stereocenters. The van der Waals surface area contributed by atoms with E-state index in [0.29, 0.717) is 10.6 Å². The van der Waals surface area contributed by atoms with Crippen LogP contribution >= 0.6 is 11.3 Å². The predicted molar refractivity (Wildman–Crippen MR) is 89.0 cm³/mol. The molecule has 2 heterocycles. The van der Waals surface area contributed by atoms with Gasteiger partial charge in [0.25, 0.3) is 5.91 Å². The number of rotatable bonds is 6. The summed E-state index contributed by atoms with van der Waals surface area (Å²) in [5.41, 5.74) is 2.79. The van der Waals surface area contributed by atoms with Crippen LogP contribution in [0.3, 0.4) is 0 Å². The minimum absolute atomic E-state index is 0.0203. The number of aliphatic hydroxyl groups excluding tert-OH is 2. The zero-order valence-corrected chi connectivity index (χ0v) is 14.1. The monoisotopic (exact) mass is 336 g/mol. The quantitative estimate of drug-likeness (QED) is 0.744. The molecule has 2 rings (SSSR count). The van der Waals surface area contributed by atoms with Crippen molar-refractivity contribution in [1.29, 1.82) is 0 Å². The Morgan fingerprint density at radius 3 is 2.74 bits per heavy atom. The summed E-state index contributed by atoms with van der Waals surface area (Å²) >= 11 is 1.28. The van der Waals surface area contributed by atoms with E-state index in [2.05, 4.69) is 10.3 Å². The Hall–Kier alpha value is -1.96. The first-order valence-corrected chi connectivity index (χ1v) is 7.96. The number of aromatic nitrogens is 1. The second-order valence-corrected chi connectivity index (χ2v) is 6.28. The number of thiophene rings is 1. The van der Waals surface area contributed by atoms with Crippen LogP contribution in [0.1, 0.15) is 20.9 Å². The lowest BCUT2D eigenvalue weighted by molar-refractivity contribution is 0.0803. The van der Waals surface area contributed by atoms with E-state index in [-0.39, 0.29) is 12.5 Å². The van der Waals surface area contributed by atoms with Gasteiger partial charge in [-0.1, -0.05) is 0 Å². The van der Waals surface area contributed by atoms with Crippen molar-refractivity contribution < 1.29 is 19.7 Å². The summed E-state index contributed by atoms with van der Waals surface area (Å²) < 4.78 is 5.27. The highest BCUT2D eigenvalue weighted by Crippen LogP contribution is 2.35. The number of hydrogen-bond donors (Lipinski definition) is 3. The van der Waals surface area contributed by atoms with Crippen molar-refractivity contribution in [2.45, 2.75) is 20.0 Å². The van der Waals surface area contributed by atoms with Crippen LogP contribution in [0, 0.1) is 13.8 Å². The molecule has 7 heteroatoms. The highest BCUT2D eigenvalue weighted by Gasteiger charge is 2.19. The summed E-state index contributed by atoms with van der Waals surface area (Å²) in [5, 5.41) is 20.7. The summed E-state index contributed by atoms with van der Waals surface area (Å²) in [4.78, 5) is 18.0. The van der Waals surface area contributed by atoms with Gasteiger partial charge in [-0.05, 0) is 31.5 Å². The first kappa shape index (κ1) is 17.4. The van der Waals surface area contributed by atoms with Crippen LogP contribution in [0.2, 0.25) is 0 Å². The number of carbonyl (C=O) groups is 1. The smallest absolute Gasteiger partial charge is 0.265 e. The van der Waals surface area contributed by atoms with Gasteiger partial charge in [-0.3, -0.25) is 9.78 Å². The fourth-order valence-electron chi connectivity index (χ4n) is 2.13. The topological polar surface area (TPSA) is 91.7 Å². The number of nitrogens with zero attached hydrogens (tertiary/aromatic N) is 1. The molecule has 0 saturated heterocycles. The third-order valence-corrected chi connectivity index (χ3v) is 4.32. The Bertz CT molecular complexity index is 679. The van der Waals surface area contributed by atoms with E-state index in [1.54, 1.807) is 6.07 Å². The first-order valence-electron chi connectivity index (χ1n) is 7.15. The van der Waals surface area contributed by atoms with Crippen molar-refractivity contribution in [2.75, 3.05) is 20.3 Å². The van der Waals surface area contributed by atoms with Gasteiger partial charge in [-0.2, -0.15) is 0 Å². The van der Waals surface area contributed by atoms with Crippen molar-refractivity contribution in [1.82, 2.24) is 10.3 Å². The van der Waals surface area contributed by atoms with Crippen LogP contribution in [-0.4, -0.2) is 47.5 Å². The molecule has 1 amide bonds. The number of ether oxygens (including phenoxy) is 1. The van der Waals surface area contributed by atoms with Crippen molar-refractivity contribution in [3.8, 4) is 16.3 Å². The van der Waals surface area contributed by atoms with Crippen LogP contribution < -0.4 is 10.1 Å². The normalized spacial score (nSPS) is 12.0. The highest BCUT2D eigenvalue weighted by molar-refractivity contribution is 7.17. The molecule has 0 aromatic carbocycles. The van der Waals surface area contributed by atoms with Gasteiger partial charge in [0, 0.05) is 18.3 Å². The van der Waals surface area contributed by atoms with Gasteiger partial charge in [-0.25, -0.2) is 0 Å². The average molecular weight is 336 g/mol. The average Bonchev–Trinajstić information content (AvgIpc) is 2.95. The molecule has 0 spiro atoms. The van der Waals surface area contributed by atoms with Gasteiger partial charge in [0.1, 0.15) is 10.6 Å². The molecule has 2 aromatic rings. The van der Waals surface area contributed by atoms with Crippen LogP contribution in [0.15, 0.2) is 18.2 Å². The third kappa shape index (κ3) is 4.28. The van der Waals surface area contributed by atoms with Crippen LogP contribution in [0.4, 0.5) is 0 Å². The SMILES string of the molecule is COc1cc(-c2cc(C)cc(C)n2)sc1C(=O)NCC(O)CO. The molecular formula is C16H20N2O4S. The Labute approximate surface area is 138 Å². The Balaban J connectivity index is 2.28. The Morgan fingerprint density at radius 2 is 2.13 bits per heavy atom. The summed E-state index contributed by atoms with van der Waals surface area (Å²) in [6.45, 7) is 3.49. The zero-order valence-electron chi connectivity index (χ0n) is 13.3. The third-order valence-electron chi connectivity index (χ3n) is 3.18. The number of aliphatic hydroxyl groups is 2. The molecule has 3 N–H and O–H groups in total. The van der Waals surface area contributed by atoms with Gasteiger partial charge in [0.05, 0.1) is 30.4 Å². The maximum atomic E-state index is 12.2. The van der Waals surface area contributed by atoms with Gasteiger partial charge < -0.3 is 20.3 Å². The van der Waals surface area contributed by atoms with Crippen molar-refractivity contribution in [3.63, 3.8) is 0 Å². The molecule has 0 aliphatic carbocycles. The van der Waals surface area contributed by atoms with E-state index in [4.69, 9.17) is 9.84 Å². The van der Waals surface area contributed by atoms with Crippen molar-refractivity contribution >= 4 is 17.2 Å². The predicted octanol–water partition coefficient (Wildman–Crippen LogP) is 1.52. The maximum Gasteiger partial charge on any atom is 0.265 e. The van der Waals surface area contributed by atoms with Crippen LogP contribution in [-0.2, 0) is 0 Å². The zero-order chi connectivity index (χ0) is 17.0. The minimum Gasteiger partial charge on any atom is -0.495 e. The van der Waals surface area contributed by atoms with E-state index in [1.807, 2.05) is 26.0 Å². The number of aryl methyl sites for hydroxylation is 2. The summed E-state index contributed by atoms with van der Waals surface area (Å²) in [6.07, 6.45) is -0.981. The summed E-state index contributed by atoms with van der Waals surface area (Å²) in [5.74, 6) is 0.108. The second-order valence-electron chi connectivity index (χ2n) is 5.23. The highest BCUT2D eigenvalue weighted by atomic mass is 32.1. The molecule has 6 nitrogen and oxygen atoms in total. The standard InChI is InChI=1S/C16H20N2O4S/c1-9-4-10(2)18-12(5-9)14-6-13(22-3)15(23-14)16(21)17-7-11(20)8-19/h4-6,11,19-20H,7-8H2,1-3H3,(H,17,21). The molecule has 124 valence electrons. The molecule has 1 unspecified atom stereocenters. The Morgan fingerprint density at radius 1 is 1.39 bits per heavy atom. The number of pyridine rings is 1. The van der Waals surface area contributed by atoms with Crippen LogP contribution in [0.25, 0.3) is 10.6 Å². The van der Waals surface area contributed by atoms with Gasteiger partial charge >= 0.3 is 0 Å². The summed E-state index contributed by atoms with van der Waals surface area (Å²) in [6, 6.07) is 5.72.